The molecule has 0 bridgehead atoms. The maximum Gasteiger partial charge on any atom is 0.221 e. The van der Waals surface area contributed by atoms with Crippen LogP contribution in [0.2, 0.25) is 0 Å². The van der Waals surface area contributed by atoms with Gasteiger partial charge in [0.1, 0.15) is 0 Å². The Morgan fingerprint density at radius 1 is 1.35 bits per heavy atom. The average molecular weight is 239 g/mol. The number of amides is 1. The molecule has 1 aliphatic carbocycles. The first-order chi connectivity index (χ1) is 8.28. The SMILES string of the molecule is CCN1CCC(CNC(=O)CCNC2CC2)C1. The van der Waals surface area contributed by atoms with Crippen molar-refractivity contribution < 1.29 is 4.79 Å². The Morgan fingerprint density at radius 3 is 2.82 bits per heavy atom. The summed E-state index contributed by atoms with van der Waals surface area (Å²) in [4.78, 5) is 14.0. The van der Waals surface area contributed by atoms with Crippen molar-refractivity contribution in [3.05, 3.63) is 0 Å². The van der Waals surface area contributed by atoms with E-state index in [9.17, 15) is 4.79 Å². The molecule has 1 heterocycles. The molecule has 0 aromatic carbocycles. The highest BCUT2D eigenvalue weighted by Gasteiger charge is 2.22. The molecule has 2 rings (SSSR count). The molecule has 1 unspecified atom stereocenters. The molecule has 0 radical (unpaired) electrons. The molecule has 1 amide bonds. The number of carbonyl (C=O) groups is 1. The third kappa shape index (κ3) is 4.64. The molecule has 98 valence electrons. The fourth-order valence-electron chi connectivity index (χ4n) is 2.39. The van der Waals surface area contributed by atoms with Crippen LogP contribution in [0.4, 0.5) is 0 Å². The van der Waals surface area contributed by atoms with Crippen LogP contribution in [0.25, 0.3) is 0 Å². The van der Waals surface area contributed by atoms with Crippen LogP contribution < -0.4 is 10.6 Å². The second-order valence-corrected chi connectivity index (χ2v) is 5.33. The average Bonchev–Trinajstić information content (AvgIpc) is 3.04. The Hall–Kier alpha value is -0.610. The van der Waals surface area contributed by atoms with Crippen LogP contribution in [0.15, 0.2) is 0 Å². The zero-order valence-electron chi connectivity index (χ0n) is 10.9. The summed E-state index contributed by atoms with van der Waals surface area (Å²) in [5, 5.41) is 6.42. The molecule has 2 aliphatic rings. The van der Waals surface area contributed by atoms with Gasteiger partial charge in [-0.1, -0.05) is 6.92 Å². The van der Waals surface area contributed by atoms with Gasteiger partial charge in [0.15, 0.2) is 0 Å². The van der Waals surface area contributed by atoms with Gasteiger partial charge in [0, 0.05) is 32.1 Å². The molecule has 1 atom stereocenters. The molecule has 4 nitrogen and oxygen atoms in total. The largest absolute Gasteiger partial charge is 0.356 e. The van der Waals surface area contributed by atoms with Gasteiger partial charge < -0.3 is 15.5 Å². The highest BCUT2D eigenvalue weighted by atomic mass is 16.1. The Kier molecular flexibility index (Phi) is 4.80. The summed E-state index contributed by atoms with van der Waals surface area (Å²) in [6.07, 6.45) is 4.43. The van der Waals surface area contributed by atoms with Gasteiger partial charge in [-0.25, -0.2) is 0 Å². The zero-order chi connectivity index (χ0) is 12.1. The van der Waals surface area contributed by atoms with E-state index in [1.807, 2.05) is 0 Å². The topological polar surface area (TPSA) is 44.4 Å². The number of hydrogen-bond donors (Lipinski definition) is 2. The summed E-state index contributed by atoms with van der Waals surface area (Å²) < 4.78 is 0. The number of nitrogens with one attached hydrogen (secondary N) is 2. The second kappa shape index (κ2) is 6.36. The van der Waals surface area contributed by atoms with E-state index in [1.54, 1.807) is 0 Å². The summed E-state index contributed by atoms with van der Waals surface area (Å²) in [5.41, 5.74) is 0. The zero-order valence-corrected chi connectivity index (χ0v) is 10.9. The molecule has 0 spiro atoms. The van der Waals surface area contributed by atoms with Gasteiger partial charge in [-0.05, 0) is 38.3 Å². The van der Waals surface area contributed by atoms with Gasteiger partial charge in [-0.2, -0.15) is 0 Å². The van der Waals surface area contributed by atoms with Crippen LogP contribution in [-0.2, 0) is 4.79 Å². The van der Waals surface area contributed by atoms with E-state index >= 15 is 0 Å². The van der Waals surface area contributed by atoms with Crippen molar-refractivity contribution in [1.82, 2.24) is 15.5 Å². The predicted octanol–water partition coefficient (Wildman–Crippen LogP) is 0.587. The van der Waals surface area contributed by atoms with Gasteiger partial charge in [-0.3, -0.25) is 4.79 Å². The minimum atomic E-state index is 0.202. The summed E-state index contributed by atoms with van der Waals surface area (Å²) in [7, 11) is 0. The smallest absolute Gasteiger partial charge is 0.221 e. The molecular weight excluding hydrogens is 214 g/mol. The van der Waals surface area contributed by atoms with E-state index in [2.05, 4.69) is 22.5 Å². The Balaban J connectivity index is 1.50. The Labute approximate surface area is 104 Å². The summed E-state index contributed by atoms with van der Waals surface area (Å²) >= 11 is 0. The molecule has 2 N–H and O–H groups in total. The first-order valence-electron chi connectivity index (χ1n) is 7.00. The van der Waals surface area contributed by atoms with Crippen molar-refractivity contribution in [1.29, 1.82) is 0 Å². The minimum Gasteiger partial charge on any atom is -0.356 e. The van der Waals surface area contributed by atoms with E-state index < -0.39 is 0 Å². The monoisotopic (exact) mass is 239 g/mol. The molecule has 4 heteroatoms. The Bertz CT molecular complexity index is 253. The normalized spacial score (nSPS) is 25.1. The third-order valence-corrected chi connectivity index (χ3v) is 3.77. The van der Waals surface area contributed by atoms with Gasteiger partial charge in [0.2, 0.25) is 5.91 Å². The number of hydrogen-bond acceptors (Lipinski definition) is 3. The first kappa shape index (κ1) is 12.8. The molecular formula is C13H25N3O. The van der Waals surface area contributed by atoms with Crippen LogP contribution in [0.1, 0.15) is 32.6 Å². The van der Waals surface area contributed by atoms with Crippen LogP contribution in [-0.4, -0.2) is 49.6 Å². The quantitative estimate of drug-likeness (QED) is 0.683. The van der Waals surface area contributed by atoms with Crippen molar-refractivity contribution in [2.75, 3.05) is 32.7 Å². The fraction of sp³-hybridized carbons (Fsp3) is 0.923. The van der Waals surface area contributed by atoms with Crippen LogP contribution >= 0.6 is 0 Å². The standard InChI is InChI=1S/C13H25N3O/c1-2-16-8-6-11(10-16)9-15-13(17)5-7-14-12-3-4-12/h11-12,14H,2-10H2,1H3,(H,15,17). The van der Waals surface area contributed by atoms with Crippen LogP contribution in [0.3, 0.4) is 0 Å². The Morgan fingerprint density at radius 2 is 2.18 bits per heavy atom. The molecule has 2 fully saturated rings. The van der Waals surface area contributed by atoms with E-state index in [-0.39, 0.29) is 5.91 Å². The molecule has 17 heavy (non-hydrogen) atoms. The van der Waals surface area contributed by atoms with E-state index in [4.69, 9.17) is 0 Å². The highest BCUT2D eigenvalue weighted by Crippen LogP contribution is 2.18. The van der Waals surface area contributed by atoms with E-state index in [0.717, 1.165) is 26.2 Å². The van der Waals surface area contributed by atoms with Crippen molar-refractivity contribution in [2.45, 2.75) is 38.6 Å². The number of rotatable bonds is 7. The molecule has 1 saturated carbocycles. The van der Waals surface area contributed by atoms with Crippen molar-refractivity contribution in [2.24, 2.45) is 5.92 Å². The molecule has 1 aliphatic heterocycles. The molecule has 1 saturated heterocycles. The highest BCUT2D eigenvalue weighted by molar-refractivity contribution is 5.76. The van der Waals surface area contributed by atoms with Gasteiger partial charge >= 0.3 is 0 Å². The van der Waals surface area contributed by atoms with Crippen LogP contribution in [0, 0.1) is 5.92 Å². The van der Waals surface area contributed by atoms with Gasteiger partial charge in [0.05, 0.1) is 0 Å². The van der Waals surface area contributed by atoms with Crippen molar-refractivity contribution >= 4 is 5.91 Å². The van der Waals surface area contributed by atoms with Crippen molar-refractivity contribution in [3.63, 3.8) is 0 Å². The van der Waals surface area contributed by atoms with Crippen molar-refractivity contribution in [3.8, 4) is 0 Å². The maximum absolute atomic E-state index is 11.6. The minimum absolute atomic E-state index is 0.202. The summed E-state index contributed by atoms with van der Waals surface area (Å²) in [6.45, 7) is 7.37. The lowest BCUT2D eigenvalue weighted by Gasteiger charge is -2.13. The lowest BCUT2D eigenvalue weighted by molar-refractivity contribution is -0.121. The van der Waals surface area contributed by atoms with Crippen LogP contribution in [0.5, 0.6) is 0 Å². The molecule has 0 aromatic rings. The predicted molar refractivity (Wildman–Crippen MR) is 68.9 cm³/mol. The number of nitrogens with zero attached hydrogens (tertiary/aromatic N) is 1. The van der Waals surface area contributed by atoms with E-state index in [0.29, 0.717) is 18.4 Å². The lowest BCUT2D eigenvalue weighted by atomic mass is 10.1. The maximum atomic E-state index is 11.6. The van der Waals surface area contributed by atoms with E-state index in [1.165, 1.54) is 25.8 Å². The summed E-state index contributed by atoms with van der Waals surface area (Å²) in [6, 6.07) is 0.704. The second-order valence-electron chi connectivity index (χ2n) is 5.33. The summed E-state index contributed by atoms with van der Waals surface area (Å²) in [5.74, 6) is 0.864. The molecule has 0 aromatic heterocycles. The van der Waals surface area contributed by atoms with Gasteiger partial charge in [0.25, 0.3) is 0 Å². The van der Waals surface area contributed by atoms with Gasteiger partial charge in [-0.15, -0.1) is 0 Å². The lowest BCUT2D eigenvalue weighted by Crippen LogP contribution is -2.33. The number of likely N-dealkylation sites (tertiary alicyclic amines) is 1. The first-order valence-corrected chi connectivity index (χ1v) is 7.00. The number of carbonyl (C=O) groups excluding carboxylic acids is 1. The third-order valence-electron chi connectivity index (χ3n) is 3.77. The fourth-order valence-corrected chi connectivity index (χ4v) is 2.39.